The summed E-state index contributed by atoms with van der Waals surface area (Å²) in [6.07, 6.45) is 1.24. The highest BCUT2D eigenvalue weighted by Gasteiger charge is 2.24. The van der Waals surface area contributed by atoms with Crippen LogP contribution in [0.3, 0.4) is 0 Å². The van der Waals surface area contributed by atoms with E-state index in [0.29, 0.717) is 0 Å². The molecule has 2 rings (SSSR count). The molecule has 0 bridgehead atoms. The van der Waals surface area contributed by atoms with Crippen LogP contribution in [0.4, 0.5) is 0 Å². The number of rotatable bonds is 7. The number of nitrogens with one attached hydrogen (secondary N) is 1. The Hall–Kier alpha value is -1.46. The van der Waals surface area contributed by atoms with Gasteiger partial charge in [-0.1, -0.05) is 0 Å². The molecule has 1 atom stereocenters. The zero-order valence-corrected chi connectivity index (χ0v) is 13.4. The predicted molar refractivity (Wildman–Crippen MR) is 83.4 cm³/mol. The molecule has 0 aromatic heterocycles. The summed E-state index contributed by atoms with van der Waals surface area (Å²) in [6, 6.07) is 3.83. The first kappa shape index (κ1) is 15.9. The second-order valence-electron chi connectivity index (χ2n) is 5.46. The topological polar surface area (TPSA) is 43.0 Å². The third-order valence-corrected chi connectivity index (χ3v) is 4.06. The van der Waals surface area contributed by atoms with Gasteiger partial charge in [-0.25, -0.2) is 0 Å². The number of hydrogen-bond acceptors (Lipinski definition) is 5. The maximum absolute atomic E-state index is 5.52. The molecule has 1 unspecified atom stereocenters. The van der Waals surface area contributed by atoms with Crippen molar-refractivity contribution in [3.63, 3.8) is 0 Å². The molecule has 0 radical (unpaired) electrons. The molecular formula is C16H26N2O3. The van der Waals surface area contributed by atoms with Crippen LogP contribution in [0.1, 0.15) is 12.0 Å². The van der Waals surface area contributed by atoms with E-state index in [1.807, 2.05) is 19.2 Å². The van der Waals surface area contributed by atoms with Gasteiger partial charge in [-0.3, -0.25) is 4.90 Å². The van der Waals surface area contributed by atoms with Crippen molar-refractivity contribution in [1.29, 1.82) is 0 Å². The van der Waals surface area contributed by atoms with Crippen molar-refractivity contribution in [3.8, 4) is 17.2 Å². The number of methoxy groups -OCH3 is 3. The Morgan fingerprint density at radius 3 is 2.33 bits per heavy atom. The molecule has 21 heavy (non-hydrogen) atoms. The molecule has 1 N–H and O–H groups in total. The molecule has 1 fully saturated rings. The average Bonchev–Trinajstić information content (AvgIpc) is 2.95. The minimum Gasteiger partial charge on any atom is -0.496 e. The molecule has 0 spiro atoms. The molecule has 1 saturated heterocycles. The van der Waals surface area contributed by atoms with Crippen molar-refractivity contribution >= 4 is 0 Å². The zero-order chi connectivity index (χ0) is 15.2. The third kappa shape index (κ3) is 3.80. The van der Waals surface area contributed by atoms with Gasteiger partial charge in [0.2, 0.25) is 0 Å². The number of hydrogen-bond donors (Lipinski definition) is 1. The maximum Gasteiger partial charge on any atom is 0.130 e. The molecule has 0 amide bonds. The molecule has 0 saturated carbocycles. The first-order chi connectivity index (χ1) is 10.2. The van der Waals surface area contributed by atoms with Crippen molar-refractivity contribution in [3.05, 3.63) is 17.7 Å². The SMILES string of the molecule is CNCC1CCN(Cc2c(OC)cc(OC)cc2OC)C1. The lowest BCUT2D eigenvalue weighted by Gasteiger charge is -2.20. The Kier molecular flexibility index (Phi) is 5.70. The molecule has 1 aliphatic heterocycles. The van der Waals surface area contributed by atoms with E-state index in [2.05, 4.69) is 10.2 Å². The van der Waals surface area contributed by atoms with Gasteiger partial charge >= 0.3 is 0 Å². The molecular weight excluding hydrogens is 268 g/mol. The first-order valence-electron chi connectivity index (χ1n) is 7.37. The van der Waals surface area contributed by atoms with Gasteiger partial charge in [-0.05, 0) is 32.5 Å². The van der Waals surface area contributed by atoms with Crippen molar-refractivity contribution in [2.24, 2.45) is 5.92 Å². The number of likely N-dealkylation sites (tertiary alicyclic amines) is 1. The Bertz CT molecular complexity index is 440. The first-order valence-corrected chi connectivity index (χ1v) is 7.37. The van der Waals surface area contributed by atoms with Crippen LogP contribution in [0.15, 0.2) is 12.1 Å². The summed E-state index contributed by atoms with van der Waals surface area (Å²) >= 11 is 0. The van der Waals surface area contributed by atoms with Gasteiger partial charge in [0.05, 0.1) is 26.9 Å². The van der Waals surface area contributed by atoms with Crippen molar-refractivity contribution in [2.45, 2.75) is 13.0 Å². The van der Waals surface area contributed by atoms with Crippen LogP contribution in [0, 0.1) is 5.92 Å². The highest BCUT2D eigenvalue weighted by molar-refractivity contribution is 5.50. The van der Waals surface area contributed by atoms with Crippen LogP contribution in [-0.4, -0.2) is 52.9 Å². The van der Waals surface area contributed by atoms with Gasteiger partial charge in [-0.15, -0.1) is 0 Å². The lowest BCUT2D eigenvalue weighted by atomic mass is 10.1. The van der Waals surface area contributed by atoms with Gasteiger partial charge < -0.3 is 19.5 Å². The minimum absolute atomic E-state index is 0.727. The second-order valence-corrected chi connectivity index (χ2v) is 5.46. The van der Waals surface area contributed by atoms with Gasteiger partial charge in [0.1, 0.15) is 17.2 Å². The molecule has 1 aliphatic rings. The van der Waals surface area contributed by atoms with E-state index in [1.165, 1.54) is 6.42 Å². The molecule has 0 aliphatic carbocycles. The minimum atomic E-state index is 0.727. The van der Waals surface area contributed by atoms with Crippen LogP contribution in [-0.2, 0) is 6.54 Å². The summed E-state index contributed by atoms with van der Waals surface area (Å²) in [5, 5.41) is 3.26. The monoisotopic (exact) mass is 294 g/mol. The smallest absolute Gasteiger partial charge is 0.130 e. The van der Waals surface area contributed by atoms with Gasteiger partial charge in [0, 0.05) is 25.2 Å². The molecule has 5 heteroatoms. The third-order valence-electron chi connectivity index (χ3n) is 4.06. The molecule has 118 valence electrons. The van der Waals surface area contributed by atoms with Crippen molar-refractivity contribution in [1.82, 2.24) is 10.2 Å². The van der Waals surface area contributed by atoms with Gasteiger partial charge in [0.15, 0.2) is 0 Å². The van der Waals surface area contributed by atoms with E-state index in [-0.39, 0.29) is 0 Å². The largest absolute Gasteiger partial charge is 0.496 e. The van der Waals surface area contributed by atoms with Crippen molar-refractivity contribution in [2.75, 3.05) is 48.0 Å². The fraction of sp³-hybridized carbons (Fsp3) is 0.625. The Balaban J connectivity index is 2.15. The van der Waals surface area contributed by atoms with E-state index < -0.39 is 0 Å². The van der Waals surface area contributed by atoms with Crippen LogP contribution in [0.2, 0.25) is 0 Å². The molecule has 1 aromatic carbocycles. The number of ether oxygens (including phenoxy) is 3. The standard InChI is InChI=1S/C16H26N2O3/c1-17-9-12-5-6-18(10-12)11-14-15(20-3)7-13(19-2)8-16(14)21-4/h7-8,12,17H,5-6,9-11H2,1-4H3. The fourth-order valence-electron chi connectivity index (χ4n) is 2.97. The second kappa shape index (κ2) is 7.52. The summed E-state index contributed by atoms with van der Waals surface area (Å²) in [4.78, 5) is 2.45. The quantitative estimate of drug-likeness (QED) is 0.830. The summed E-state index contributed by atoms with van der Waals surface area (Å²) in [5.41, 5.74) is 1.09. The lowest BCUT2D eigenvalue weighted by molar-refractivity contribution is 0.296. The Morgan fingerprint density at radius 1 is 1.14 bits per heavy atom. The van der Waals surface area contributed by atoms with E-state index >= 15 is 0 Å². The molecule has 5 nitrogen and oxygen atoms in total. The molecule has 1 aromatic rings. The number of nitrogens with zero attached hydrogens (tertiary/aromatic N) is 1. The maximum atomic E-state index is 5.52. The fourth-order valence-corrected chi connectivity index (χ4v) is 2.97. The highest BCUT2D eigenvalue weighted by Crippen LogP contribution is 2.35. The van der Waals surface area contributed by atoms with Gasteiger partial charge in [0.25, 0.3) is 0 Å². The van der Waals surface area contributed by atoms with Gasteiger partial charge in [-0.2, -0.15) is 0 Å². The van der Waals surface area contributed by atoms with E-state index in [4.69, 9.17) is 14.2 Å². The summed E-state index contributed by atoms with van der Waals surface area (Å²) in [6.45, 7) is 4.15. The normalized spacial score (nSPS) is 18.8. The van der Waals surface area contributed by atoms with Crippen LogP contribution in [0.25, 0.3) is 0 Å². The number of benzene rings is 1. The van der Waals surface area contributed by atoms with E-state index in [0.717, 1.165) is 54.9 Å². The summed E-state index contributed by atoms with van der Waals surface area (Å²) < 4.78 is 16.3. The lowest BCUT2D eigenvalue weighted by Crippen LogP contribution is -2.24. The van der Waals surface area contributed by atoms with Crippen LogP contribution >= 0.6 is 0 Å². The zero-order valence-electron chi connectivity index (χ0n) is 13.4. The van der Waals surface area contributed by atoms with Crippen molar-refractivity contribution < 1.29 is 14.2 Å². The predicted octanol–water partition coefficient (Wildman–Crippen LogP) is 1.75. The van der Waals surface area contributed by atoms with Crippen LogP contribution in [0.5, 0.6) is 17.2 Å². The Morgan fingerprint density at radius 2 is 1.81 bits per heavy atom. The Labute approximate surface area is 127 Å². The summed E-state index contributed by atoms with van der Waals surface area (Å²) in [5.74, 6) is 3.12. The van der Waals surface area contributed by atoms with E-state index in [1.54, 1.807) is 21.3 Å². The van der Waals surface area contributed by atoms with Crippen LogP contribution < -0.4 is 19.5 Å². The summed E-state index contributed by atoms with van der Waals surface area (Å²) in [7, 11) is 7.03. The molecule has 1 heterocycles. The highest BCUT2D eigenvalue weighted by atomic mass is 16.5. The van der Waals surface area contributed by atoms with E-state index in [9.17, 15) is 0 Å². The average molecular weight is 294 g/mol.